The first-order valence-corrected chi connectivity index (χ1v) is 5.37. The molecule has 0 aromatic heterocycles. The summed E-state index contributed by atoms with van der Waals surface area (Å²) in [6.07, 6.45) is 5.17. The van der Waals surface area contributed by atoms with Crippen molar-refractivity contribution >= 4 is 10.2 Å². The second-order valence-electron chi connectivity index (χ2n) is 2.79. The molecule has 11 heavy (non-hydrogen) atoms. The van der Waals surface area contributed by atoms with Crippen molar-refractivity contribution in [3.63, 3.8) is 0 Å². The van der Waals surface area contributed by atoms with Crippen molar-refractivity contribution < 1.29 is 0 Å². The molecule has 64 valence electrons. The Morgan fingerprint density at radius 1 is 1.36 bits per heavy atom. The van der Waals surface area contributed by atoms with E-state index in [0.29, 0.717) is 0 Å². The van der Waals surface area contributed by atoms with E-state index in [1.165, 1.54) is 16.7 Å². The smallest absolute Gasteiger partial charge is 0.0244 e. The van der Waals surface area contributed by atoms with Gasteiger partial charge >= 0.3 is 0 Å². The van der Waals surface area contributed by atoms with E-state index in [9.17, 15) is 0 Å². The monoisotopic (exact) mass is 169 g/mol. The topological polar surface area (TPSA) is 3.24 Å². The quantitative estimate of drug-likeness (QED) is 0.419. The number of hydrogen-bond acceptors (Lipinski definition) is 1. The lowest BCUT2D eigenvalue weighted by atomic mass is 10.3. The van der Waals surface area contributed by atoms with Gasteiger partial charge in [0, 0.05) is 23.3 Å². The van der Waals surface area contributed by atoms with E-state index >= 15 is 0 Å². The standard InChI is InChI=1S/C9H19NSi/c1-4-7-10(8-5-2)9(11)6-3/h4-5,9H,1-2,6-8H2,3,11H3. The van der Waals surface area contributed by atoms with E-state index in [4.69, 9.17) is 0 Å². The summed E-state index contributed by atoms with van der Waals surface area (Å²) < 4.78 is 0. The molecule has 0 aromatic carbocycles. The first-order chi connectivity index (χ1) is 5.26. The van der Waals surface area contributed by atoms with Crippen molar-refractivity contribution in [3.8, 4) is 0 Å². The zero-order valence-corrected chi connectivity index (χ0v) is 9.71. The largest absolute Gasteiger partial charge is 0.297 e. The van der Waals surface area contributed by atoms with Crippen molar-refractivity contribution in [1.29, 1.82) is 0 Å². The van der Waals surface area contributed by atoms with Gasteiger partial charge in [0.2, 0.25) is 0 Å². The van der Waals surface area contributed by atoms with Crippen molar-refractivity contribution in [1.82, 2.24) is 4.90 Å². The van der Waals surface area contributed by atoms with Gasteiger partial charge in [-0.25, -0.2) is 0 Å². The Labute approximate surface area is 73.2 Å². The maximum Gasteiger partial charge on any atom is 0.0244 e. The minimum atomic E-state index is 0.769. The molecule has 0 aromatic rings. The van der Waals surface area contributed by atoms with Crippen LogP contribution in [0.3, 0.4) is 0 Å². The van der Waals surface area contributed by atoms with Gasteiger partial charge in [-0.3, -0.25) is 4.90 Å². The summed E-state index contributed by atoms with van der Waals surface area (Å²) in [4.78, 5) is 2.41. The van der Waals surface area contributed by atoms with Crippen LogP contribution in [0.25, 0.3) is 0 Å². The van der Waals surface area contributed by atoms with Gasteiger partial charge in [-0.15, -0.1) is 13.2 Å². The second-order valence-corrected chi connectivity index (χ2v) is 4.12. The van der Waals surface area contributed by atoms with Gasteiger partial charge in [-0.2, -0.15) is 0 Å². The Bertz CT molecular complexity index is 113. The second kappa shape index (κ2) is 6.37. The lowest BCUT2D eigenvalue weighted by molar-refractivity contribution is 0.302. The molecule has 0 aliphatic heterocycles. The molecular formula is C9H19NSi. The maximum atomic E-state index is 3.74. The molecule has 1 unspecified atom stereocenters. The van der Waals surface area contributed by atoms with E-state index in [1.807, 2.05) is 12.2 Å². The van der Waals surface area contributed by atoms with Crippen molar-refractivity contribution in [2.45, 2.75) is 19.0 Å². The highest BCUT2D eigenvalue weighted by atomic mass is 28.1. The van der Waals surface area contributed by atoms with Crippen LogP contribution in [0.2, 0.25) is 0 Å². The molecule has 0 amide bonds. The van der Waals surface area contributed by atoms with Crippen molar-refractivity contribution in [3.05, 3.63) is 25.3 Å². The molecule has 1 nitrogen and oxygen atoms in total. The molecule has 0 aliphatic carbocycles. The summed E-state index contributed by atoms with van der Waals surface area (Å²) in [5.74, 6) is 0. The van der Waals surface area contributed by atoms with Crippen LogP contribution in [-0.4, -0.2) is 33.9 Å². The van der Waals surface area contributed by atoms with Gasteiger partial charge in [-0.1, -0.05) is 19.1 Å². The molecule has 0 saturated heterocycles. The lowest BCUT2D eigenvalue weighted by Crippen LogP contribution is -2.35. The van der Waals surface area contributed by atoms with Crippen LogP contribution in [-0.2, 0) is 0 Å². The fourth-order valence-corrected chi connectivity index (χ4v) is 1.45. The summed E-state index contributed by atoms with van der Waals surface area (Å²) in [5, 5.41) is 0. The number of hydrogen-bond donors (Lipinski definition) is 0. The Morgan fingerprint density at radius 3 is 2.09 bits per heavy atom. The van der Waals surface area contributed by atoms with E-state index < -0.39 is 0 Å². The third-order valence-corrected chi connectivity index (χ3v) is 3.49. The maximum absolute atomic E-state index is 3.74. The minimum absolute atomic E-state index is 0.769. The summed E-state index contributed by atoms with van der Waals surface area (Å²) in [5.41, 5.74) is 0.769. The third-order valence-electron chi connectivity index (χ3n) is 1.94. The van der Waals surface area contributed by atoms with Gasteiger partial charge < -0.3 is 0 Å². The average molecular weight is 169 g/mol. The predicted molar refractivity (Wildman–Crippen MR) is 56.0 cm³/mol. The average Bonchev–Trinajstić information content (AvgIpc) is 2.03. The lowest BCUT2D eigenvalue weighted by Gasteiger charge is -2.25. The first kappa shape index (κ1) is 10.7. The fourth-order valence-electron chi connectivity index (χ4n) is 1.02. The summed E-state index contributed by atoms with van der Waals surface area (Å²) in [6, 6.07) is 0. The van der Waals surface area contributed by atoms with Crippen LogP contribution < -0.4 is 0 Å². The highest BCUT2D eigenvalue weighted by Gasteiger charge is 2.06. The van der Waals surface area contributed by atoms with E-state index in [1.54, 1.807) is 0 Å². The zero-order chi connectivity index (χ0) is 8.69. The first-order valence-electron chi connectivity index (χ1n) is 4.22. The fraction of sp³-hybridized carbons (Fsp3) is 0.556. The van der Waals surface area contributed by atoms with E-state index in [0.717, 1.165) is 18.8 Å². The summed E-state index contributed by atoms with van der Waals surface area (Å²) in [7, 11) is 1.23. The van der Waals surface area contributed by atoms with Gasteiger partial charge in [0.1, 0.15) is 0 Å². The Morgan fingerprint density at radius 2 is 1.82 bits per heavy atom. The third kappa shape index (κ3) is 4.17. The molecule has 0 radical (unpaired) electrons. The molecule has 0 fully saturated rings. The molecule has 0 N–H and O–H groups in total. The van der Waals surface area contributed by atoms with Gasteiger partial charge in [0.05, 0.1) is 0 Å². The van der Waals surface area contributed by atoms with Gasteiger partial charge in [-0.05, 0) is 12.1 Å². The Balaban J connectivity index is 3.84. The molecule has 0 bridgehead atoms. The highest BCUT2D eigenvalue weighted by Crippen LogP contribution is 1.99. The Hall–Kier alpha value is -0.343. The minimum Gasteiger partial charge on any atom is -0.297 e. The summed E-state index contributed by atoms with van der Waals surface area (Å²) in [6.45, 7) is 11.7. The van der Waals surface area contributed by atoms with Gasteiger partial charge in [0.15, 0.2) is 0 Å². The van der Waals surface area contributed by atoms with Crippen molar-refractivity contribution in [2.75, 3.05) is 13.1 Å². The molecule has 0 aliphatic rings. The van der Waals surface area contributed by atoms with Crippen LogP contribution in [0.1, 0.15) is 13.3 Å². The van der Waals surface area contributed by atoms with E-state index in [2.05, 4.69) is 25.0 Å². The molecule has 0 saturated carbocycles. The molecule has 1 atom stereocenters. The van der Waals surface area contributed by atoms with Gasteiger partial charge in [0.25, 0.3) is 0 Å². The highest BCUT2D eigenvalue weighted by molar-refractivity contribution is 6.11. The van der Waals surface area contributed by atoms with Crippen LogP contribution in [0, 0.1) is 0 Å². The molecule has 2 heteroatoms. The predicted octanol–water partition coefficient (Wildman–Crippen LogP) is 0.762. The number of nitrogens with zero attached hydrogens (tertiary/aromatic N) is 1. The normalized spacial score (nSPS) is 13.3. The Kier molecular flexibility index (Phi) is 6.17. The van der Waals surface area contributed by atoms with Crippen LogP contribution in [0.15, 0.2) is 25.3 Å². The van der Waals surface area contributed by atoms with E-state index in [-0.39, 0.29) is 0 Å². The molecule has 0 spiro atoms. The molecule has 0 rings (SSSR count). The SMILES string of the molecule is C=CCN(CC=C)C([SiH3])CC. The van der Waals surface area contributed by atoms with Crippen molar-refractivity contribution in [2.24, 2.45) is 0 Å². The number of rotatable bonds is 6. The molecular weight excluding hydrogens is 150 g/mol. The summed E-state index contributed by atoms with van der Waals surface area (Å²) >= 11 is 0. The van der Waals surface area contributed by atoms with Crippen LogP contribution >= 0.6 is 0 Å². The zero-order valence-electron chi connectivity index (χ0n) is 7.71. The van der Waals surface area contributed by atoms with Crippen LogP contribution in [0.5, 0.6) is 0 Å². The van der Waals surface area contributed by atoms with Crippen LogP contribution in [0.4, 0.5) is 0 Å². The molecule has 0 heterocycles.